The molecule has 2 aliphatic rings. The Morgan fingerprint density at radius 3 is 3.04 bits per heavy atom. The molecule has 3 heterocycles. The predicted molar refractivity (Wildman–Crippen MR) is 76.5 cm³/mol. The fraction of sp³-hybridized carbons (Fsp3) is 0.667. The second kappa shape index (κ2) is 6.29. The Morgan fingerprint density at radius 2 is 2.39 bits per heavy atom. The Kier molecular flexibility index (Phi) is 4.36. The zero-order valence-corrected chi connectivity index (χ0v) is 13.0. The van der Waals surface area contributed by atoms with E-state index in [-0.39, 0.29) is 38.2 Å². The number of aromatic nitrogens is 1. The fourth-order valence-corrected chi connectivity index (χ4v) is 3.29. The van der Waals surface area contributed by atoms with Crippen molar-refractivity contribution >= 4 is 11.9 Å². The maximum Gasteiger partial charge on any atom is 0.314 e. The van der Waals surface area contributed by atoms with Crippen molar-refractivity contribution in [1.29, 1.82) is 0 Å². The van der Waals surface area contributed by atoms with Crippen LogP contribution in [-0.4, -0.2) is 59.9 Å². The standard InChI is InChI=1S/C15H20N2O6/c1-10-4-12(23-16-10)6-22-7-13(18)17-5-11-2-3-21-9-15(11,8-17)14(19)20/h4,11H,2-3,5-9H2,1H3,(H,19,20)/t11-,15+/m0/s1. The number of hydrogen-bond acceptors (Lipinski definition) is 6. The molecular weight excluding hydrogens is 304 g/mol. The minimum atomic E-state index is -0.976. The first-order valence-corrected chi connectivity index (χ1v) is 7.60. The quantitative estimate of drug-likeness (QED) is 0.839. The van der Waals surface area contributed by atoms with Gasteiger partial charge in [-0.05, 0) is 19.3 Å². The van der Waals surface area contributed by atoms with Crippen LogP contribution in [0.15, 0.2) is 10.6 Å². The summed E-state index contributed by atoms with van der Waals surface area (Å²) in [6, 6.07) is 1.74. The largest absolute Gasteiger partial charge is 0.481 e. The van der Waals surface area contributed by atoms with Gasteiger partial charge in [-0.25, -0.2) is 0 Å². The molecule has 1 aromatic rings. The second-order valence-electron chi connectivity index (χ2n) is 6.20. The number of hydrogen-bond donors (Lipinski definition) is 1. The zero-order chi connectivity index (χ0) is 16.4. The van der Waals surface area contributed by atoms with Crippen LogP contribution < -0.4 is 0 Å². The van der Waals surface area contributed by atoms with E-state index in [1.54, 1.807) is 17.9 Å². The molecule has 0 aromatic carbocycles. The van der Waals surface area contributed by atoms with Gasteiger partial charge in [-0.1, -0.05) is 5.16 Å². The Bertz CT molecular complexity index is 601. The van der Waals surface area contributed by atoms with Gasteiger partial charge in [0.25, 0.3) is 0 Å². The van der Waals surface area contributed by atoms with Crippen molar-refractivity contribution in [2.75, 3.05) is 32.9 Å². The second-order valence-corrected chi connectivity index (χ2v) is 6.20. The van der Waals surface area contributed by atoms with Crippen molar-refractivity contribution in [1.82, 2.24) is 10.1 Å². The van der Waals surface area contributed by atoms with Gasteiger partial charge in [-0.15, -0.1) is 0 Å². The molecule has 0 aliphatic carbocycles. The molecule has 0 bridgehead atoms. The number of carbonyl (C=O) groups excluding carboxylic acids is 1. The van der Waals surface area contributed by atoms with Gasteiger partial charge in [-0.3, -0.25) is 9.59 Å². The summed E-state index contributed by atoms with van der Waals surface area (Å²) in [5.74, 6) is -0.609. The summed E-state index contributed by atoms with van der Waals surface area (Å²) in [5.41, 5.74) is -0.224. The lowest BCUT2D eigenvalue weighted by Crippen LogP contribution is -2.46. The SMILES string of the molecule is Cc1cc(COCC(=O)N2C[C@@H]3CCOC[C@]3(C(=O)O)C2)on1. The Hall–Kier alpha value is -1.93. The van der Waals surface area contributed by atoms with Crippen LogP contribution in [0.2, 0.25) is 0 Å². The molecule has 0 saturated carbocycles. The number of fused-ring (bicyclic) bond motifs is 1. The van der Waals surface area contributed by atoms with Crippen LogP contribution in [0.3, 0.4) is 0 Å². The predicted octanol–water partition coefficient (Wildman–Crippen LogP) is 0.449. The fourth-order valence-electron chi connectivity index (χ4n) is 3.29. The van der Waals surface area contributed by atoms with E-state index >= 15 is 0 Å². The van der Waals surface area contributed by atoms with Crippen molar-refractivity contribution in [3.63, 3.8) is 0 Å². The van der Waals surface area contributed by atoms with Gasteiger partial charge in [0.1, 0.15) is 18.6 Å². The molecular formula is C15H20N2O6. The average Bonchev–Trinajstić information content (AvgIpc) is 3.11. The summed E-state index contributed by atoms with van der Waals surface area (Å²) in [5, 5.41) is 13.3. The lowest BCUT2D eigenvalue weighted by atomic mass is 9.76. The lowest BCUT2D eigenvalue weighted by molar-refractivity contribution is -0.160. The van der Waals surface area contributed by atoms with Crippen molar-refractivity contribution < 1.29 is 28.7 Å². The van der Waals surface area contributed by atoms with Gasteiger partial charge in [0.2, 0.25) is 5.91 Å². The molecule has 1 amide bonds. The van der Waals surface area contributed by atoms with Gasteiger partial charge >= 0.3 is 5.97 Å². The topological polar surface area (TPSA) is 102 Å². The Balaban J connectivity index is 1.55. The van der Waals surface area contributed by atoms with Crippen LogP contribution in [0.1, 0.15) is 17.9 Å². The molecule has 1 aromatic heterocycles. The normalized spacial score (nSPS) is 27.0. The first kappa shape index (κ1) is 15.9. The number of aliphatic carboxylic acids is 1. The molecule has 23 heavy (non-hydrogen) atoms. The number of aryl methyl sites for hydroxylation is 1. The number of likely N-dealkylation sites (tertiary alicyclic amines) is 1. The highest BCUT2D eigenvalue weighted by atomic mass is 16.5. The minimum absolute atomic E-state index is 0.0605. The summed E-state index contributed by atoms with van der Waals surface area (Å²) in [7, 11) is 0. The summed E-state index contributed by atoms with van der Waals surface area (Å²) in [6.07, 6.45) is 0.661. The van der Waals surface area contributed by atoms with E-state index in [4.69, 9.17) is 14.0 Å². The van der Waals surface area contributed by atoms with Crippen LogP contribution in [0.25, 0.3) is 0 Å². The van der Waals surface area contributed by atoms with Gasteiger partial charge in [0.05, 0.1) is 12.3 Å². The number of carboxylic acid groups (broad SMARTS) is 1. The molecule has 0 spiro atoms. The van der Waals surface area contributed by atoms with E-state index in [1.165, 1.54) is 0 Å². The van der Waals surface area contributed by atoms with E-state index in [2.05, 4.69) is 5.16 Å². The van der Waals surface area contributed by atoms with Crippen molar-refractivity contribution in [3.8, 4) is 0 Å². The molecule has 8 nitrogen and oxygen atoms in total. The molecule has 0 unspecified atom stereocenters. The summed E-state index contributed by atoms with van der Waals surface area (Å²) in [6.45, 7) is 3.19. The monoisotopic (exact) mass is 324 g/mol. The summed E-state index contributed by atoms with van der Waals surface area (Å²) >= 11 is 0. The van der Waals surface area contributed by atoms with Crippen molar-refractivity contribution in [2.45, 2.75) is 20.0 Å². The molecule has 3 rings (SSSR count). The van der Waals surface area contributed by atoms with Gasteiger partial charge in [0, 0.05) is 25.8 Å². The van der Waals surface area contributed by atoms with E-state index in [0.29, 0.717) is 25.3 Å². The lowest BCUT2D eigenvalue weighted by Gasteiger charge is -2.33. The first-order valence-electron chi connectivity index (χ1n) is 7.60. The number of carboxylic acids is 1. The van der Waals surface area contributed by atoms with E-state index in [9.17, 15) is 14.7 Å². The molecule has 126 valence electrons. The first-order chi connectivity index (χ1) is 11.0. The number of rotatable bonds is 5. The van der Waals surface area contributed by atoms with Crippen LogP contribution in [-0.2, 0) is 25.7 Å². The van der Waals surface area contributed by atoms with Crippen molar-refractivity contribution in [3.05, 3.63) is 17.5 Å². The summed E-state index contributed by atoms with van der Waals surface area (Å²) < 4.78 is 15.7. The highest BCUT2D eigenvalue weighted by molar-refractivity contribution is 5.82. The molecule has 0 radical (unpaired) electrons. The van der Waals surface area contributed by atoms with E-state index in [1.807, 2.05) is 0 Å². The maximum atomic E-state index is 12.3. The molecule has 2 fully saturated rings. The van der Waals surface area contributed by atoms with E-state index < -0.39 is 11.4 Å². The highest BCUT2D eigenvalue weighted by Gasteiger charge is 2.55. The smallest absolute Gasteiger partial charge is 0.314 e. The number of amides is 1. The maximum absolute atomic E-state index is 12.3. The molecule has 2 aliphatic heterocycles. The molecule has 8 heteroatoms. The summed E-state index contributed by atoms with van der Waals surface area (Å²) in [4.78, 5) is 25.5. The number of nitrogens with zero attached hydrogens (tertiary/aromatic N) is 2. The van der Waals surface area contributed by atoms with Crippen LogP contribution in [0.4, 0.5) is 0 Å². The van der Waals surface area contributed by atoms with Crippen LogP contribution in [0, 0.1) is 18.3 Å². The third-order valence-electron chi connectivity index (χ3n) is 4.59. The Morgan fingerprint density at radius 1 is 1.57 bits per heavy atom. The van der Waals surface area contributed by atoms with Crippen LogP contribution >= 0.6 is 0 Å². The van der Waals surface area contributed by atoms with Gasteiger partial charge < -0.3 is 24.0 Å². The molecule has 2 atom stereocenters. The minimum Gasteiger partial charge on any atom is -0.481 e. The van der Waals surface area contributed by atoms with Crippen molar-refractivity contribution in [2.24, 2.45) is 11.3 Å². The van der Waals surface area contributed by atoms with E-state index in [0.717, 1.165) is 5.69 Å². The zero-order valence-electron chi connectivity index (χ0n) is 13.0. The third-order valence-corrected chi connectivity index (χ3v) is 4.59. The highest BCUT2D eigenvalue weighted by Crippen LogP contribution is 2.41. The molecule has 1 N–H and O–H groups in total. The third kappa shape index (κ3) is 3.09. The number of carbonyl (C=O) groups is 2. The number of ether oxygens (including phenoxy) is 2. The Labute approximate surface area is 133 Å². The molecule has 2 saturated heterocycles. The van der Waals surface area contributed by atoms with Gasteiger partial charge in [-0.2, -0.15) is 0 Å². The van der Waals surface area contributed by atoms with Crippen LogP contribution in [0.5, 0.6) is 0 Å². The van der Waals surface area contributed by atoms with Gasteiger partial charge in [0.15, 0.2) is 5.76 Å². The average molecular weight is 324 g/mol.